The molecule has 0 aromatic rings. The monoisotopic (exact) mass is 102 g/mol. The van der Waals surface area contributed by atoms with Crippen LogP contribution in [0.25, 0.3) is 0 Å². The Balaban J connectivity index is 2.55. The lowest BCUT2D eigenvalue weighted by Crippen LogP contribution is -2.06. The van der Waals surface area contributed by atoms with Crippen LogP contribution >= 0.6 is 0 Å². The predicted octanol–water partition coefficient (Wildman–Crippen LogP) is -1.24. The fraction of sp³-hybridized carbons (Fsp3) is 0.500. The summed E-state index contributed by atoms with van der Waals surface area (Å²) >= 11 is 0. The van der Waals surface area contributed by atoms with E-state index in [0.29, 0.717) is 0 Å². The fourth-order valence-corrected chi connectivity index (χ4v) is 0.259. The second kappa shape index (κ2) is 1.18. The van der Waals surface area contributed by atoms with Crippen LogP contribution in [-0.4, -0.2) is 17.4 Å². The molecule has 0 spiro atoms. The molecular weight excluding hydrogens is 100 g/mol. The third-order valence-corrected chi connectivity index (χ3v) is 0.498. The van der Waals surface area contributed by atoms with E-state index in [4.69, 9.17) is 0 Å². The molecule has 1 rings (SSSR count). The molecule has 0 aromatic carbocycles. The normalized spacial score (nSPS) is 18.9. The lowest BCUT2D eigenvalue weighted by molar-refractivity contribution is -0.622. The van der Waals surface area contributed by atoms with Crippen molar-refractivity contribution in [2.24, 2.45) is 0 Å². The van der Waals surface area contributed by atoms with Crippen LogP contribution in [0, 0.1) is 4.91 Å². The van der Waals surface area contributed by atoms with Crippen molar-refractivity contribution in [1.82, 2.24) is 5.59 Å². The van der Waals surface area contributed by atoms with Crippen molar-refractivity contribution in [3.8, 4) is 0 Å². The zero-order chi connectivity index (χ0) is 5.28. The van der Waals surface area contributed by atoms with Gasteiger partial charge in [0.1, 0.15) is 0 Å². The molecular formula is C2H2N2O3+. The number of carbonyl (C=O) groups excluding carboxylic acids is 1. The summed E-state index contributed by atoms with van der Waals surface area (Å²) < 4.78 is 0. The van der Waals surface area contributed by atoms with Crippen molar-refractivity contribution < 1.29 is 14.5 Å². The Hall–Kier alpha value is -1.13. The third-order valence-electron chi connectivity index (χ3n) is 0.498. The van der Waals surface area contributed by atoms with Crippen LogP contribution in [0.15, 0.2) is 0 Å². The van der Waals surface area contributed by atoms with Crippen LogP contribution in [0.5, 0.6) is 0 Å². The van der Waals surface area contributed by atoms with E-state index in [1.165, 1.54) is 0 Å². The van der Waals surface area contributed by atoms with Crippen molar-refractivity contribution in [3.05, 3.63) is 4.91 Å². The van der Waals surface area contributed by atoms with Crippen LogP contribution in [0.1, 0.15) is 0 Å². The number of rotatable bonds is 0. The average Bonchev–Trinajstić information content (AvgIpc) is 1.87. The largest absolute Gasteiger partial charge is 0.413 e. The van der Waals surface area contributed by atoms with Gasteiger partial charge in [0.15, 0.2) is 4.87 Å². The van der Waals surface area contributed by atoms with Gasteiger partial charge in [-0.2, -0.15) is 0 Å². The molecule has 0 aliphatic carbocycles. The molecule has 0 atom stereocenters. The molecule has 1 saturated heterocycles. The molecule has 0 unspecified atom stereocenters. The molecule has 0 N–H and O–H groups in total. The quantitative estimate of drug-likeness (QED) is 0.359. The van der Waals surface area contributed by atoms with Crippen LogP contribution in [0.3, 0.4) is 0 Å². The summed E-state index contributed by atoms with van der Waals surface area (Å²) in [7, 11) is 0. The third kappa shape index (κ3) is 0.648. The van der Waals surface area contributed by atoms with Crippen LogP contribution < -0.4 is 5.59 Å². The average molecular weight is 102 g/mol. The first-order chi connectivity index (χ1) is 3.29. The summed E-state index contributed by atoms with van der Waals surface area (Å²) in [5, 5.41) is 0. The number of carbonyl (C=O) groups is 1. The smallest absolute Gasteiger partial charge is 0.257 e. The molecule has 1 radical (unpaired) electrons. The lowest BCUT2D eigenvalue weighted by atomic mass is 10.7. The Kier molecular flexibility index (Phi) is 0.680. The Labute approximate surface area is 38.8 Å². The molecule has 1 fully saturated rings. The second-order valence-electron chi connectivity index (χ2n) is 1.06. The number of hydrogen-bond acceptors (Lipinski definition) is 3. The Morgan fingerprint density at radius 2 is 2.57 bits per heavy atom. The summed E-state index contributed by atoms with van der Waals surface area (Å²) in [6.45, 7) is -0.278. The number of hydrogen-bond donors (Lipinski definition) is 0. The maximum absolute atomic E-state index is 9.90. The van der Waals surface area contributed by atoms with E-state index in [9.17, 15) is 9.70 Å². The van der Waals surface area contributed by atoms with Gasteiger partial charge in [0.2, 0.25) is 0 Å². The van der Waals surface area contributed by atoms with Gasteiger partial charge >= 0.3 is 12.5 Å². The summed E-state index contributed by atoms with van der Waals surface area (Å²) in [6.07, 6.45) is 0. The van der Waals surface area contributed by atoms with E-state index in [1.54, 1.807) is 0 Å². The Morgan fingerprint density at radius 3 is 2.71 bits per heavy atom. The minimum absolute atomic E-state index is 0.183. The predicted molar refractivity (Wildman–Crippen MR) is 16.7 cm³/mol. The van der Waals surface area contributed by atoms with Gasteiger partial charge in [-0.1, -0.05) is 0 Å². The summed E-state index contributed by atoms with van der Waals surface area (Å²) in [6, 6.07) is 0. The molecule has 5 nitrogen and oxygen atoms in total. The maximum Gasteiger partial charge on any atom is 0.413 e. The second-order valence-corrected chi connectivity index (χ2v) is 1.06. The van der Waals surface area contributed by atoms with Gasteiger partial charge in [0.25, 0.3) is 5.59 Å². The molecule has 1 aliphatic heterocycles. The molecule has 0 amide bonds. The zero-order valence-electron chi connectivity index (χ0n) is 3.33. The maximum atomic E-state index is 9.90. The minimum Gasteiger partial charge on any atom is -0.257 e. The van der Waals surface area contributed by atoms with E-state index in [2.05, 4.69) is 10.4 Å². The molecule has 0 saturated carbocycles. The standard InChI is InChI=1S/C2H2N2O3/c5-2-1-4(6)3-7-2/h1H2/q+1. The highest BCUT2D eigenvalue weighted by molar-refractivity contribution is 5.70. The van der Waals surface area contributed by atoms with Crippen LogP contribution in [0.2, 0.25) is 0 Å². The topological polar surface area (TPSA) is 60.5 Å². The van der Waals surface area contributed by atoms with Crippen molar-refractivity contribution >= 4 is 5.97 Å². The highest BCUT2D eigenvalue weighted by atomic mass is 16.7. The summed E-state index contributed by atoms with van der Waals surface area (Å²) in [5.41, 5.74) is 2.75. The molecule has 7 heavy (non-hydrogen) atoms. The first-order valence-corrected chi connectivity index (χ1v) is 1.64. The van der Waals surface area contributed by atoms with E-state index < -0.39 is 5.97 Å². The fourth-order valence-electron chi connectivity index (χ4n) is 0.259. The van der Waals surface area contributed by atoms with Crippen LogP contribution in [0.4, 0.5) is 0 Å². The highest BCUT2D eigenvalue weighted by Gasteiger charge is 2.31. The van der Waals surface area contributed by atoms with E-state index in [-0.39, 0.29) is 11.4 Å². The molecule has 1 aliphatic rings. The number of nitroso groups, excluding NO2 is 1. The van der Waals surface area contributed by atoms with E-state index in [1.807, 2.05) is 0 Å². The van der Waals surface area contributed by atoms with Gasteiger partial charge in [0, 0.05) is 0 Å². The summed E-state index contributed by atoms with van der Waals surface area (Å²) in [4.78, 5) is 23.8. The minimum atomic E-state index is -0.602. The van der Waals surface area contributed by atoms with Gasteiger partial charge in [0.05, 0.1) is 4.91 Å². The van der Waals surface area contributed by atoms with Gasteiger partial charge in [-0.25, -0.2) is 4.79 Å². The molecule has 1 heterocycles. The Bertz CT molecular complexity index is 106. The van der Waals surface area contributed by atoms with Gasteiger partial charge in [-0.3, -0.25) is 4.84 Å². The lowest BCUT2D eigenvalue weighted by Gasteiger charge is -1.65. The number of nitrogens with zero attached hydrogens (tertiary/aromatic N) is 2. The van der Waals surface area contributed by atoms with E-state index in [0.717, 1.165) is 0 Å². The molecule has 37 valence electrons. The molecule has 0 bridgehead atoms. The Morgan fingerprint density at radius 1 is 1.86 bits per heavy atom. The first kappa shape index (κ1) is 4.04. The van der Waals surface area contributed by atoms with Crippen molar-refractivity contribution in [2.75, 3.05) is 6.54 Å². The van der Waals surface area contributed by atoms with Gasteiger partial charge in [-0.05, 0) is 0 Å². The van der Waals surface area contributed by atoms with Crippen molar-refractivity contribution in [1.29, 1.82) is 0 Å². The molecule has 0 aromatic heterocycles. The van der Waals surface area contributed by atoms with Gasteiger partial charge in [-0.15, -0.1) is 0 Å². The van der Waals surface area contributed by atoms with E-state index >= 15 is 0 Å². The first-order valence-electron chi connectivity index (χ1n) is 1.64. The zero-order valence-corrected chi connectivity index (χ0v) is 3.33. The van der Waals surface area contributed by atoms with Crippen molar-refractivity contribution in [2.45, 2.75) is 0 Å². The summed E-state index contributed by atoms with van der Waals surface area (Å²) in [5.74, 6) is -0.602. The van der Waals surface area contributed by atoms with Crippen LogP contribution in [-0.2, 0) is 9.63 Å². The van der Waals surface area contributed by atoms with Gasteiger partial charge < -0.3 is 0 Å². The van der Waals surface area contributed by atoms with Crippen molar-refractivity contribution in [3.63, 3.8) is 0 Å². The highest BCUT2D eigenvalue weighted by Crippen LogP contribution is 1.85. The SMILES string of the molecule is O=C1C[N+](=O)[N]O1. The molecule has 5 heteroatoms.